The minimum Gasteiger partial charge on any atom is -0.497 e. The summed E-state index contributed by atoms with van der Waals surface area (Å²) in [4.78, 5) is 24.5. The van der Waals surface area contributed by atoms with Crippen LogP contribution in [-0.4, -0.2) is 24.5 Å². The lowest BCUT2D eigenvalue weighted by Gasteiger charge is -2.29. The Bertz CT molecular complexity index is 1080. The Morgan fingerprint density at radius 3 is 2.48 bits per heavy atom. The monoisotopic (exact) mass is 416 g/mol. The average Bonchev–Trinajstić information content (AvgIpc) is 3.17. The van der Waals surface area contributed by atoms with E-state index in [-0.39, 0.29) is 17.4 Å². The fourth-order valence-electron chi connectivity index (χ4n) is 4.31. The Balaban J connectivity index is 1.37. The molecule has 5 heteroatoms. The molecule has 5 nitrogen and oxygen atoms in total. The van der Waals surface area contributed by atoms with Gasteiger partial charge in [0, 0.05) is 24.9 Å². The van der Waals surface area contributed by atoms with Crippen LogP contribution in [0, 0.1) is 0 Å². The molecule has 1 fully saturated rings. The van der Waals surface area contributed by atoms with Gasteiger partial charge in [0.2, 0.25) is 11.8 Å². The number of benzene rings is 3. The first-order valence-corrected chi connectivity index (χ1v) is 10.7. The summed E-state index contributed by atoms with van der Waals surface area (Å²) in [6.45, 7) is 0.479. The zero-order valence-corrected chi connectivity index (χ0v) is 17.8. The van der Waals surface area contributed by atoms with Gasteiger partial charge in [-0.3, -0.25) is 9.59 Å². The summed E-state index contributed by atoms with van der Waals surface area (Å²) in [5, 5.41) is 8.55. The maximum atomic E-state index is 12.5. The maximum absolute atomic E-state index is 12.5. The minimum absolute atomic E-state index is 0.00477. The van der Waals surface area contributed by atoms with Crippen molar-refractivity contribution in [2.45, 2.75) is 44.2 Å². The normalized spacial score (nSPS) is 18.0. The van der Waals surface area contributed by atoms with Crippen LogP contribution in [-0.2, 0) is 22.6 Å². The van der Waals surface area contributed by atoms with E-state index < -0.39 is 0 Å². The number of hydrogen-bond donors (Lipinski definition) is 2. The van der Waals surface area contributed by atoms with Crippen LogP contribution in [0.2, 0.25) is 0 Å². The summed E-state index contributed by atoms with van der Waals surface area (Å²) in [5.41, 5.74) is 1.84. The Hall–Kier alpha value is -3.34. The summed E-state index contributed by atoms with van der Waals surface area (Å²) >= 11 is 0. The molecule has 3 aromatic rings. The van der Waals surface area contributed by atoms with E-state index in [1.807, 2.05) is 36.4 Å². The van der Waals surface area contributed by atoms with Crippen molar-refractivity contribution in [2.24, 2.45) is 0 Å². The molecule has 0 spiro atoms. The Kier molecular flexibility index (Phi) is 6.21. The largest absolute Gasteiger partial charge is 0.497 e. The van der Waals surface area contributed by atoms with Gasteiger partial charge in [-0.25, -0.2) is 0 Å². The van der Waals surface area contributed by atoms with Gasteiger partial charge in [-0.2, -0.15) is 0 Å². The highest BCUT2D eigenvalue weighted by atomic mass is 16.5. The lowest BCUT2D eigenvalue weighted by molar-refractivity contribution is -0.122. The highest BCUT2D eigenvalue weighted by Crippen LogP contribution is 2.30. The van der Waals surface area contributed by atoms with Gasteiger partial charge in [0.25, 0.3) is 0 Å². The minimum atomic E-state index is -0.364. The molecule has 0 radical (unpaired) electrons. The topological polar surface area (TPSA) is 67.4 Å². The second-order valence-electron chi connectivity index (χ2n) is 8.31. The van der Waals surface area contributed by atoms with Crippen LogP contribution in [0.1, 0.15) is 36.8 Å². The molecule has 0 saturated carbocycles. The number of amides is 2. The molecule has 160 valence electrons. The molecule has 1 atom stereocenters. The van der Waals surface area contributed by atoms with Crippen LogP contribution in [0.5, 0.6) is 5.75 Å². The van der Waals surface area contributed by atoms with Gasteiger partial charge in [-0.1, -0.05) is 54.6 Å². The summed E-state index contributed by atoms with van der Waals surface area (Å²) in [6, 6.07) is 22.3. The number of ether oxygens (including phenoxy) is 1. The fourth-order valence-corrected chi connectivity index (χ4v) is 4.31. The van der Waals surface area contributed by atoms with Gasteiger partial charge in [-0.15, -0.1) is 0 Å². The molecule has 0 bridgehead atoms. The highest BCUT2D eigenvalue weighted by molar-refractivity contribution is 5.83. The molecule has 0 aromatic heterocycles. The van der Waals surface area contributed by atoms with Gasteiger partial charge in [0.05, 0.1) is 7.11 Å². The summed E-state index contributed by atoms with van der Waals surface area (Å²) in [7, 11) is 1.63. The molecule has 1 heterocycles. The molecule has 2 amide bonds. The molecule has 0 aliphatic carbocycles. The van der Waals surface area contributed by atoms with Gasteiger partial charge < -0.3 is 15.4 Å². The zero-order chi connectivity index (χ0) is 21.7. The first-order chi connectivity index (χ1) is 15.0. The molecule has 3 aromatic carbocycles. The second-order valence-corrected chi connectivity index (χ2v) is 8.31. The van der Waals surface area contributed by atoms with E-state index in [9.17, 15) is 9.59 Å². The van der Waals surface area contributed by atoms with Crippen molar-refractivity contribution in [1.82, 2.24) is 10.6 Å². The molecular formula is C26H28N2O3. The van der Waals surface area contributed by atoms with Crippen LogP contribution in [0.4, 0.5) is 0 Å². The SMILES string of the molecule is COc1ccc(CNC(=O)CC[C@]2(Cc3ccc4ccccc4c3)CCC(=O)N2)cc1. The fraction of sp³-hybridized carbons (Fsp3) is 0.308. The van der Waals surface area contributed by atoms with Crippen LogP contribution < -0.4 is 15.4 Å². The molecule has 1 saturated heterocycles. The van der Waals surface area contributed by atoms with Crippen molar-refractivity contribution in [3.8, 4) is 5.75 Å². The molecular weight excluding hydrogens is 388 g/mol. The van der Waals surface area contributed by atoms with Gasteiger partial charge >= 0.3 is 0 Å². The van der Waals surface area contributed by atoms with Crippen LogP contribution in [0.3, 0.4) is 0 Å². The smallest absolute Gasteiger partial charge is 0.220 e. The van der Waals surface area contributed by atoms with Crippen molar-refractivity contribution in [3.63, 3.8) is 0 Å². The maximum Gasteiger partial charge on any atom is 0.220 e. The Morgan fingerprint density at radius 1 is 1.03 bits per heavy atom. The number of carbonyl (C=O) groups is 2. The van der Waals surface area contributed by atoms with Crippen LogP contribution in [0.25, 0.3) is 10.8 Å². The molecule has 0 unspecified atom stereocenters. The van der Waals surface area contributed by atoms with E-state index in [0.717, 1.165) is 24.2 Å². The molecule has 4 rings (SSSR count). The number of carbonyl (C=O) groups excluding carboxylic acids is 2. The standard InChI is InChI=1S/C26H28N2O3/c1-31-23-10-7-19(8-11-23)18-27-24(29)12-14-26(15-13-25(30)28-26)17-20-6-9-21-4-2-3-5-22(21)16-20/h2-11,16H,12-15,17-18H2,1H3,(H,27,29)(H,28,30)/t26-/m1/s1. The second kappa shape index (κ2) is 9.21. The van der Waals surface area contributed by atoms with Crippen LogP contribution in [0.15, 0.2) is 66.7 Å². The van der Waals surface area contributed by atoms with Gasteiger partial charge in [0.15, 0.2) is 0 Å². The van der Waals surface area contributed by atoms with Crippen molar-refractivity contribution >= 4 is 22.6 Å². The number of methoxy groups -OCH3 is 1. The zero-order valence-electron chi connectivity index (χ0n) is 17.8. The Morgan fingerprint density at radius 2 is 1.77 bits per heavy atom. The van der Waals surface area contributed by atoms with E-state index >= 15 is 0 Å². The van der Waals surface area contributed by atoms with E-state index in [0.29, 0.717) is 25.8 Å². The number of nitrogens with one attached hydrogen (secondary N) is 2. The van der Waals surface area contributed by atoms with Crippen molar-refractivity contribution < 1.29 is 14.3 Å². The van der Waals surface area contributed by atoms with Crippen molar-refractivity contribution in [1.29, 1.82) is 0 Å². The van der Waals surface area contributed by atoms with E-state index in [1.165, 1.54) is 16.3 Å². The third kappa shape index (κ3) is 5.23. The van der Waals surface area contributed by atoms with Crippen LogP contribution >= 0.6 is 0 Å². The predicted molar refractivity (Wildman–Crippen MR) is 122 cm³/mol. The average molecular weight is 417 g/mol. The number of hydrogen-bond acceptors (Lipinski definition) is 3. The lowest BCUT2D eigenvalue weighted by atomic mass is 9.84. The van der Waals surface area contributed by atoms with Crippen molar-refractivity contribution in [3.05, 3.63) is 77.9 Å². The van der Waals surface area contributed by atoms with Gasteiger partial charge in [-0.05, 0) is 53.3 Å². The predicted octanol–water partition coefficient (Wildman–Crippen LogP) is 4.14. The molecule has 2 N–H and O–H groups in total. The summed E-state index contributed by atoms with van der Waals surface area (Å²) in [6.07, 6.45) is 3.00. The lowest BCUT2D eigenvalue weighted by Crippen LogP contribution is -2.44. The third-order valence-electron chi connectivity index (χ3n) is 6.07. The molecule has 1 aliphatic heterocycles. The van der Waals surface area contributed by atoms with E-state index in [1.54, 1.807) is 7.11 Å². The third-order valence-corrected chi connectivity index (χ3v) is 6.07. The van der Waals surface area contributed by atoms with Gasteiger partial charge in [0.1, 0.15) is 5.75 Å². The molecule has 1 aliphatic rings. The van der Waals surface area contributed by atoms with Crippen molar-refractivity contribution in [2.75, 3.05) is 7.11 Å². The number of rotatable bonds is 8. The van der Waals surface area contributed by atoms with E-state index in [4.69, 9.17) is 4.74 Å². The van der Waals surface area contributed by atoms with E-state index in [2.05, 4.69) is 41.0 Å². The Labute approximate surface area is 182 Å². The summed E-state index contributed by atoms with van der Waals surface area (Å²) < 4.78 is 5.16. The molecule has 31 heavy (non-hydrogen) atoms. The first-order valence-electron chi connectivity index (χ1n) is 10.7. The first kappa shape index (κ1) is 20.9. The quantitative estimate of drug-likeness (QED) is 0.580. The number of fused-ring (bicyclic) bond motifs is 1. The highest BCUT2D eigenvalue weighted by Gasteiger charge is 2.37. The summed E-state index contributed by atoms with van der Waals surface area (Å²) in [5.74, 6) is 0.858.